The number of ether oxygens (including phenoxy) is 1. The molecule has 0 aliphatic heterocycles. The molecule has 0 aromatic rings. The van der Waals surface area contributed by atoms with Crippen molar-refractivity contribution in [3.8, 4) is 0 Å². The van der Waals surface area contributed by atoms with E-state index in [1.54, 1.807) is 13.8 Å². The Morgan fingerprint density at radius 3 is 2.00 bits per heavy atom. The van der Waals surface area contributed by atoms with Gasteiger partial charge in [0.1, 0.15) is 5.78 Å². The minimum absolute atomic E-state index is 0.0565. The Morgan fingerprint density at radius 2 is 1.69 bits per heavy atom. The fraction of sp³-hybridized carbons (Fsp3) is 0.667. The van der Waals surface area contributed by atoms with E-state index in [4.69, 9.17) is 0 Å². The van der Waals surface area contributed by atoms with Gasteiger partial charge in [0.15, 0.2) is 0 Å². The van der Waals surface area contributed by atoms with Gasteiger partial charge in [0.2, 0.25) is 5.78 Å². The van der Waals surface area contributed by atoms with E-state index in [1.807, 2.05) is 0 Å². The fourth-order valence-corrected chi connectivity index (χ4v) is 1.07. The van der Waals surface area contributed by atoms with Crippen molar-refractivity contribution in [2.45, 2.75) is 27.2 Å². The molecule has 0 aliphatic rings. The van der Waals surface area contributed by atoms with Crippen LogP contribution in [0, 0.1) is 5.41 Å². The lowest BCUT2D eigenvalue weighted by molar-refractivity contribution is -0.156. The Morgan fingerprint density at radius 1 is 1.23 bits per heavy atom. The number of hydrogen-bond acceptors (Lipinski definition) is 4. The molecule has 4 heteroatoms. The van der Waals surface area contributed by atoms with Gasteiger partial charge in [-0.15, -0.1) is 0 Å². The van der Waals surface area contributed by atoms with Crippen molar-refractivity contribution >= 4 is 17.5 Å². The van der Waals surface area contributed by atoms with Gasteiger partial charge in [-0.05, 0) is 6.92 Å². The van der Waals surface area contributed by atoms with Gasteiger partial charge in [0.25, 0.3) is 0 Å². The number of carbonyl (C=O) groups is 3. The van der Waals surface area contributed by atoms with Crippen LogP contribution in [0.25, 0.3) is 0 Å². The molecule has 13 heavy (non-hydrogen) atoms. The van der Waals surface area contributed by atoms with E-state index >= 15 is 0 Å². The maximum Gasteiger partial charge on any atom is 0.374 e. The summed E-state index contributed by atoms with van der Waals surface area (Å²) in [5, 5.41) is 0. The van der Waals surface area contributed by atoms with Crippen molar-refractivity contribution in [3.63, 3.8) is 0 Å². The van der Waals surface area contributed by atoms with E-state index in [0.29, 0.717) is 0 Å². The molecule has 0 fully saturated rings. The number of carbonyl (C=O) groups excluding carboxylic acids is 3. The lowest BCUT2D eigenvalue weighted by Gasteiger charge is -2.19. The van der Waals surface area contributed by atoms with Crippen molar-refractivity contribution < 1.29 is 19.1 Å². The monoisotopic (exact) mass is 186 g/mol. The predicted molar refractivity (Wildman–Crippen MR) is 46.1 cm³/mol. The molecular formula is C9H14O4. The van der Waals surface area contributed by atoms with Crippen LogP contribution in [0.1, 0.15) is 27.2 Å². The van der Waals surface area contributed by atoms with Crippen LogP contribution in [0.2, 0.25) is 0 Å². The summed E-state index contributed by atoms with van der Waals surface area (Å²) in [6.45, 7) is 4.48. The van der Waals surface area contributed by atoms with Crippen molar-refractivity contribution in [2.75, 3.05) is 7.11 Å². The first kappa shape index (κ1) is 11.8. The first-order valence-corrected chi connectivity index (χ1v) is 3.93. The predicted octanol–water partition coefficient (Wildman–Crippen LogP) is 0.734. The van der Waals surface area contributed by atoms with Gasteiger partial charge in [0.05, 0.1) is 7.11 Å². The Hall–Kier alpha value is -1.19. The molecule has 0 aromatic carbocycles. The highest BCUT2D eigenvalue weighted by atomic mass is 16.5. The molecule has 0 spiro atoms. The summed E-state index contributed by atoms with van der Waals surface area (Å²) in [7, 11) is 1.14. The summed E-state index contributed by atoms with van der Waals surface area (Å²) in [6, 6.07) is 0. The molecule has 0 N–H and O–H groups in total. The van der Waals surface area contributed by atoms with Gasteiger partial charge in [-0.3, -0.25) is 9.59 Å². The summed E-state index contributed by atoms with van der Waals surface area (Å²) < 4.78 is 4.28. The molecule has 0 heterocycles. The topological polar surface area (TPSA) is 60.4 Å². The number of esters is 1. The van der Waals surface area contributed by atoms with Crippen LogP contribution in [0.4, 0.5) is 0 Å². The van der Waals surface area contributed by atoms with Crippen LogP contribution in [0.5, 0.6) is 0 Å². The summed E-state index contributed by atoms with van der Waals surface area (Å²) in [5.41, 5.74) is -0.959. The average Bonchev–Trinajstić information content (AvgIpc) is 1.99. The lowest BCUT2D eigenvalue weighted by Crippen LogP contribution is -2.33. The molecule has 0 aromatic heterocycles. The summed E-state index contributed by atoms with van der Waals surface area (Å²) in [4.78, 5) is 32.9. The number of ketones is 2. The minimum Gasteiger partial charge on any atom is -0.463 e. The van der Waals surface area contributed by atoms with Crippen LogP contribution in [-0.2, 0) is 19.1 Å². The van der Waals surface area contributed by atoms with Gasteiger partial charge in [-0.1, -0.05) is 13.8 Å². The summed E-state index contributed by atoms with van der Waals surface area (Å²) in [6.07, 6.45) is 0.0565. The van der Waals surface area contributed by atoms with E-state index in [1.165, 1.54) is 6.92 Å². The minimum atomic E-state index is -0.959. The number of Topliss-reactive ketones (excluding diaryl/α,β-unsaturated/α-hetero) is 2. The third-order valence-corrected chi connectivity index (χ3v) is 1.68. The fourth-order valence-electron chi connectivity index (χ4n) is 1.07. The van der Waals surface area contributed by atoms with Crippen LogP contribution in [0.3, 0.4) is 0 Å². The molecule has 0 amide bonds. The largest absolute Gasteiger partial charge is 0.463 e. The van der Waals surface area contributed by atoms with E-state index in [0.717, 1.165) is 7.11 Å². The number of methoxy groups -OCH3 is 1. The highest BCUT2D eigenvalue weighted by Crippen LogP contribution is 2.22. The summed E-state index contributed by atoms with van der Waals surface area (Å²) in [5.74, 6) is -1.68. The van der Waals surface area contributed by atoms with Crippen molar-refractivity contribution in [1.82, 2.24) is 0 Å². The smallest absolute Gasteiger partial charge is 0.374 e. The van der Waals surface area contributed by atoms with Crippen molar-refractivity contribution in [2.24, 2.45) is 5.41 Å². The molecule has 0 unspecified atom stereocenters. The molecule has 0 bridgehead atoms. The highest BCUT2D eigenvalue weighted by molar-refractivity contribution is 6.35. The van der Waals surface area contributed by atoms with Crippen LogP contribution in [0.15, 0.2) is 0 Å². The zero-order chi connectivity index (χ0) is 10.6. The Kier molecular flexibility index (Phi) is 3.78. The van der Waals surface area contributed by atoms with Gasteiger partial charge in [0, 0.05) is 11.8 Å². The second-order valence-corrected chi connectivity index (χ2v) is 3.58. The molecule has 0 aliphatic carbocycles. The average molecular weight is 186 g/mol. The quantitative estimate of drug-likeness (QED) is 0.479. The second kappa shape index (κ2) is 4.16. The summed E-state index contributed by atoms with van der Waals surface area (Å²) >= 11 is 0. The molecule has 0 saturated carbocycles. The highest BCUT2D eigenvalue weighted by Gasteiger charge is 2.34. The molecule has 74 valence electrons. The molecule has 0 atom stereocenters. The first-order valence-electron chi connectivity index (χ1n) is 3.93. The van der Waals surface area contributed by atoms with E-state index in [9.17, 15) is 14.4 Å². The van der Waals surface area contributed by atoms with Gasteiger partial charge in [-0.2, -0.15) is 0 Å². The Bertz CT molecular complexity index is 240. The molecule has 0 rings (SSSR count). The Balaban J connectivity index is 4.53. The second-order valence-electron chi connectivity index (χ2n) is 3.58. The van der Waals surface area contributed by atoms with Gasteiger partial charge >= 0.3 is 5.97 Å². The lowest BCUT2D eigenvalue weighted by atomic mass is 9.83. The maximum atomic E-state index is 11.3. The Labute approximate surface area is 77.3 Å². The van der Waals surface area contributed by atoms with Gasteiger partial charge < -0.3 is 4.74 Å². The maximum absolute atomic E-state index is 11.3. The van der Waals surface area contributed by atoms with E-state index in [2.05, 4.69) is 4.74 Å². The molecular weight excluding hydrogens is 172 g/mol. The van der Waals surface area contributed by atoms with Crippen LogP contribution >= 0.6 is 0 Å². The standard InChI is InChI=1S/C9H14O4/c1-6(10)5-9(2,3)7(11)8(12)13-4/h5H2,1-4H3. The third kappa shape index (κ3) is 3.36. The van der Waals surface area contributed by atoms with Crippen LogP contribution < -0.4 is 0 Å². The number of rotatable bonds is 4. The van der Waals surface area contributed by atoms with E-state index in [-0.39, 0.29) is 12.2 Å². The van der Waals surface area contributed by atoms with Crippen molar-refractivity contribution in [3.05, 3.63) is 0 Å². The third-order valence-electron chi connectivity index (χ3n) is 1.68. The normalized spacial score (nSPS) is 10.8. The van der Waals surface area contributed by atoms with E-state index < -0.39 is 17.2 Å². The first-order chi connectivity index (χ1) is 5.81. The molecule has 0 saturated heterocycles. The zero-order valence-corrected chi connectivity index (χ0v) is 8.34. The van der Waals surface area contributed by atoms with Crippen LogP contribution in [-0.4, -0.2) is 24.6 Å². The SMILES string of the molecule is COC(=O)C(=O)C(C)(C)CC(C)=O. The van der Waals surface area contributed by atoms with Gasteiger partial charge in [-0.25, -0.2) is 4.79 Å². The molecule has 0 radical (unpaired) electrons. The molecule has 4 nitrogen and oxygen atoms in total. The number of hydrogen-bond donors (Lipinski definition) is 0. The van der Waals surface area contributed by atoms with Crippen molar-refractivity contribution in [1.29, 1.82) is 0 Å². The zero-order valence-electron chi connectivity index (χ0n) is 8.34.